The third-order valence-electron chi connectivity index (χ3n) is 5.81. The molecule has 0 radical (unpaired) electrons. The number of hydrogen-bond donors (Lipinski definition) is 4. The number of carbonyl (C=O) groups is 4. The molecule has 2 atom stereocenters. The molecule has 200 valence electrons. The summed E-state index contributed by atoms with van der Waals surface area (Å²) >= 11 is 0. The molecule has 0 saturated heterocycles. The number of carbonyl (C=O) groups excluding carboxylic acids is 4. The van der Waals surface area contributed by atoms with Gasteiger partial charge in [-0.3, -0.25) is 19.2 Å². The maximum Gasteiger partial charge on any atom is 0.255 e. The number of hydrogen-bond acceptors (Lipinski definition) is 5. The first kappa shape index (κ1) is 29.1. The lowest BCUT2D eigenvalue weighted by atomic mass is 10.0. The van der Waals surface area contributed by atoms with Crippen molar-refractivity contribution in [3.63, 3.8) is 0 Å². The molecule has 9 nitrogen and oxygen atoms in total. The fourth-order valence-corrected chi connectivity index (χ4v) is 3.89. The Morgan fingerprint density at radius 1 is 1.00 bits per heavy atom. The number of fused-ring (bicyclic) bond motifs is 1. The number of amides is 4. The molecule has 0 unspecified atom stereocenters. The minimum absolute atomic E-state index is 0.181. The van der Waals surface area contributed by atoms with Gasteiger partial charge in [-0.15, -0.1) is 0 Å². The van der Waals surface area contributed by atoms with E-state index in [0.29, 0.717) is 37.4 Å². The van der Waals surface area contributed by atoms with Crippen molar-refractivity contribution < 1.29 is 23.9 Å². The Morgan fingerprint density at radius 2 is 1.72 bits per heavy atom. The Hall–Kier alpha value is -3.10. The Bertz CT molecular complexity index is 887. The van der Waals surface area contributed by atoms with E-state index in [4.69, 9.17) is 4.74 Å². The monoisotopic (exact) mass is 502 g/mol. The summed E-state index contributed by atoms with van der Waals surface area (Å²) in [5.74, 6) is -0.852. The lowest BCUT2D eigenvalue weighted by molar-refractivity contribution is -0.131. The van der Waals surface area contributed by atoms with Crippen LogP contribution in [0.15, 0.2) is 24.3 Å². The molecule has 2 rings (SSSR count). The quantitative estimate of drug-likeness (QED) is 0.492. The Morgan fingerprint density at radius 3 is 2.44 bits per heavy atom. The van der Waals surface area contributed by atoms with Crippen LogP contribution in [0, 0.1) is 11.8 Å². The number of nitrogens with one attached hydrogen (secondary N) is 4. The van der Waals surface area contributed by atoms with Crippen molar-refractivity contribution in [3.8, 4) is 5.75 Å². The van der Waals surface area contributed by atoms with Gasteiger partial charge in [-0.1, -0.05) is 52.7 Å². The van der Waals surface area contributed by atoms with E-state index in [1.165, 1.54) is 0 Å². The summed E-state index contributed by atoms with van der Waals surface area (Å²) in [5, 5.41) is 11.2. The summed E-state index contributed by atoms with van der Waals surface area (Å²) in [5.41, 5.74) is 0.303. The highest BCUT2D eigenvalue weighted by molar-refractivity contribution is 6.01. The first-order valence-corrected chi connectivity index (χ1v) is 13.0. The van der Waals surface area contributed by atoms with E-state index in [-0.39, 0.29) is 24.2 Å². The van der Waals surface area contributed by atoms with Crippen molar-refractivity contribution in [1.29, 1.82) is 0 Å². The molecular weight excluding hydrogens is 460 g/mol. The maximum atomic E-state index is 13.2. The van der Waals surface area contributed by atoms with Gasteiger partial charge in [0, 0.05) is 13.1 Å². The number of rotatable bonds is 5. The van der Waals surface area contributed by atoms with E-state index in [1.807, 2.05) is 27.7 Å². The molecule has 1 heterocycles. The molecule has 36 heavy (non-hydrogen) atoms. The first-order chi connectivity index (χ1) is 17.2. The normalized spacial score (nSPS) is 20.8. The van der Waals surface area contributed by atoms with Crippen LogP contribution in [-0.2, 0) is 14.4 Å². The Kier molecular flexibility index (Phi) is 12.2. The van der Waals surface area contributed by atoms with Crippen LogP contribution in [0.5, 0.6) is 5.75 Å². The van der Waals surface area contributed by atoms with E-state index >= 15 is 0 Å². The fraction of sp³-hybridized carbons (Fsp3) is 0.630. The summed E-state index contributed by atoms with van der Waals surface area (Å²) in [6.45, 7) is 9.26. The average Bonchev–Trinajstić information content (AvgIpc) is 2.82. The minimum Gasteiger partial charge on any atom is -0.493 e. The van der Waals surface area contributed by atoms with Gasteiger partial charge in [0.1, 0.15) is 17.8 Å². The van der Waals surface area contributed by atoms with Gasteiger partial charge < -0.3 is 26.0 Å². The van der Waals surface area contributed by atoms with Crippen LogP contribution in [0.1, 0.15) is 76.6 Å². The van der Waals surface area contributed by atoms with Crippen LogP contribution in [-0.4, -0.2) is 55.4 Å². The first-order valence-electron chi connectivity index (χ1n) is 13.0. The largest absolute Gasteiger partial charge is 0.493 e. The van der Waals surface area contributed by atoms with Crippen molar-refractivity contribution in [1.82, 2.24) is 21.3 Å². The lowest BCUT2D eigenvalue weighted by Crippen LogP contribution is -2.52. The van der Waals surface area contributed by atoms with Gasteiger partial charge in [-0.05, 0) is 43.2 Å². The smallest absolute Gasteiger partial charge is 0.255 e. The van der Waals surface area contributed by atoms with Crippen LogP contribution in [0.4, 0.5) is 0 Å². The van der Waals surface area contributed by atoms with Crippen LogP contribution in [0.3, 0.4) is 0 Å². The predicted octanol–water partition coefficient (Wildman–Crippen LogP) is 2.55. The molecule has 0 aliphatic carbocycles. The SMILES string of the molecule is CC(C)CNC(=O)[C@@H]1CC(=O)N[C@@H](CC(C)C)C(=O)NCCCCCCOc2ccccc2C(=O)N1. The molecule has 0 bridgehead atoms. The van der Waals surface area contributed by atoms with Crippen LogP contribution < -0.4 is 26.0 Å². The van der Waals surface area contributed by atoms with Gasteiger partial charge in [0.05, 0.1) is 18.6 Å². The average molecular weight is 503 g/mol. The van der Waals surface area contributed by atoms with Crippen molar-refractivity contribution in [2.24, 2.45) is 11.8 Å². The Labute approximate surface area is 214 Å². The summed E-state index contributed by atoms with van der Waals surface area (Å²) in [6, 6.07) is 5.06. The van der Waals surface area contributed by atoms with Gasteiger partial charge in [0.25, 0.3) is 5.91 Å². The zero-order chi connectivity index (χ0) is 26.5. The van der Waals surface area contributed by atoms with Crippen LogP contribution in [0.25, 0.3) is 0 Å². The van der Waals surface area contributed by atoms with Gasteiger partial charge in [-0.25, -0.2) is 0 Å². The summed E-state index contributed by atoms with van der Waals surface area (Å²) in [6.07, 6.45) is 3.68. The predicted molar refractivity (Wildman–Crippen MR) is 139 cm³/mol. The van der Waals surface area contributed by atoms with Gasteiger partial charge >= 0.3 is 0 Å². The van der Waals surface area contributed by atoms with Crippen molar-refractivity contribution in [3.05, 3.63) is 29.8 Å². The molecular formula is C27H42N4O5. The molecule has 9 heteroatoms. The molecule has 1 aliphatic rings. The van der Waals surface area contributed by atoms with Gasteiger partial charge in [-0.2, -0.15) is 0 Å². The molecule has 1 aliphatic heterocycles. The van der Waals surface area contributed by atoms with Gasteiger partial charge in [0.15, 0.2) is 0 Å². The highest BCUT2D eigenvalue weighted by atomic mass is 16.5. The van der Waals surface area contributed by atoms with Crippen molar-refractivity contribution >= 4 is 23.6 Å². The molecule has 0 fully saturated rings. The molecule has 0 saturated carbocycles. The number of ether oxygens (including phenoxy) is 1. The maximum absolute atomic E-state index is 13.2. The van der Waals surface area contributed by atoms with E-state index in [1.54, 1.807) is 24.3 Å². The van der Waals surface area contributed by atoms with E-state index in [2.05, 4.69) is 21.3 Å². The summed E-state index contributed by atoms with van der Waals surface area (Å²) < 4.78 is 5.86. The van der Waals surface area contributed by atoms with Gasteiger partial charge in [0.2, 0.25) is 17.7 Å². The van der Waals surface area contributed by atoms with Crippen LogP contribution >= 0.6 is 0 Å². The topological polar surface area (TPSA) is 126 Å². The van der Waals surface area contributed by atoms with Crippen molar-refractivity contribution in [2.75, 3.05) is 19.7 Å². The molecule has 4 amide bonds. The summed E-state index contributed by atoms with van der Waals surface area (Å²) in [7, 11) is 0. The second kappa shape index (κ2) is 15.1. The molecule has 4 N–H and O–H groups in total. The van der Waals surface area contributed by atoms with E-state index < -0.39 is 29.8 Å². The molecule has 1 aromatic rings. The number of para-hydroxylation sites is 1. The fourth-order valence-electron chi connectivity index (χ4n) is 3.89. The molecule has 1 aromatic carbocycles. The standard InChI is InChI=1S/C27H42N4O5/c1-18(2)15-21-26(34)28-13-9-5-6-10-14-36-23-12-8-7-11-20(23)25(33)31-22(16-24(32)30-21)27(35)29-17-19(3)4/h7-8,11-12,18-19,21-22H,5-6,9-10,13-17H2,1-4H3,(H,28,34)(H,29,35)(H,30,32)(H,31,33)/t21-,22-/m0/s1. The third kappa shape index (κ3) is 10.3. The van der Waals surface area contributed by atoms with Crippen molar-refractivity contribution in [2.45, 2.75) is 78.3 Å². The Balaban J connectivity index is 2.28. The molecule has 0 spiro atoms. The lowest BCUT2D eigenvalue weighted by Gasteiger charge is -2.23. The highest BCUT2D eigenvalue weighted by Gasteiger charge is 2.28. The number of benzene rings is 1. The van der Waals surface area contributed by atoms with E-state index in [0.717, 1.165) is 25.7 Å². The van der Waals surface area contributed by atoms with Crippen LogP contribution in [0.2, 0.25) is 0 Å². The van der Waals surface area contributed by atoms with E-state index in [9.17, 15) is 19.2 Å². The zero-order valence-corrected chi connectivity index (χ0v) is 22.0. The summed E-state index contributed by atoms with van der Waals surface area (Å²) in [4.78, 5) is 51.8. The second-order valence-corrected chi connectivity index (χ2v) is 10.2. The minimum atomic E-state index is -1.11. The zero-order valence-electron chi connectivity index (χ0n) is 22.0. The second-order valence-electron chi connectivity index (χ2n) is 10.2. The third-order valence-corrected chi connectivity index (χ3v) is 5.81. The highest BCUT2D eigenvalue weighted by Crippen LogP contribution is 2.19. The molecule has 0 aromatic heterocycles.